The highest BCUT2D eigenvalue weighted by molar-refractivity contribution is 7.17. The molecule has 6 heteroatoms. The van der Waals surface area contributed by atoms with E-state index in [2.05, 4.69) is 5.32 Å². The molecule has 1 aromatic carbocycles. The number of carbonyl (C=O) groups is 2. The van der Waals surface area contributed by atoms with E-state index in [1.807, 2.05) is 19.1 Å². The molecule has 0 spiro atoms. The van der Waals surface area contributed by atoms with Crippen molar-refractivity contribution < 1.29 is 14.3 Å². The first kappa shape index (κ1) is 17.5. The standard InChI is InChI=1S/C19H22N2O3S/c1-11-7-6-9-13(16(11)24-2)18(23)21-19-15(17(20)22)12-8-4-3-5-10-14(12)25-19/h6-7,9H,3-5,8,10H2,1-2H3,(H2,20,22)(H,21,23). The molecule has 0 saturated carbocycles. The Labute approximate surface area is 151 Å². The van der Waals surface area contributed by atoms with Crippen LogP contribution in [0.2, 0.25) is 0 Å². The molecule has 0 atom stereocenters. The van der Waals surface area contributed by atoms with E-state index in [0.29, 0.717) is 21.9 Å². The molecule has 0 fully saturated rings. The first-order valence-electron chi connectivity index (χ1n) is 8.42. The molecule has 3 N–H and O–H groups in total. The van der Waals surface area contributed by atoms with Crippen molar-refractivity contribution in [1.29, 1.82) is 0 Å². The van der Waals surface area contributed by atoms with Crippen LogP contribution < -0.4 is 15.8 Å². The predicted molar refractivity (Wildman–Crippen MR) is 99.8 cm³/mol. The minimum Gasteiger partial charge on any atom is -0.496 e. The van der Waals surface area contributed by atoms with E-state index < -0.39 is 5.91 Å². The Bertz CT molecular complexity index is 826. The molecule has 3 rings (SSSR count). The van der Waals surface area contributed by atoms with Crippen LogP contribution in [0, 0.1) is 6.92 Å². The minimum atomic E-state index is -0.481. The third kappa shape index (κ3) is 3.39. The average Bonchev–Trinajstić information content (AvgIpc) is 2.75. The minimum absolute atomic E-state index is 0.292. The maximum absolute atomic E-state index is 12.8. The van der Waals surface area contributed by atoms with Gasteiger partial charge in [-0.3, -0.25) is 9.59 Å². The molecule has 1 aliphatic rings. The molecule has 1 aromatic heterocycles. The largest absolute Gasteiger partial charge is 0.496 e. The van der Waals surface area contributed by atoms with Gasteiger partial charge in [-0.25, -0.2) is 0 Å². The molecule has 2 amide bonds. The van der Waals surface area contributed by atoms with E-state index in [1.165, 1.54) is 11.3 Å². The maximum atomic E-state index is 12.8. The summed E-state index contributed by atoms with van der Waals surface area (Å²) < 4.78 is 5.36. The second-order valence-electron chi connectivity index (χ2n) is 6.24. The Hall–Kier alpha value is -2.34. The van der Waals surface area contributed by atoms with E-state index >= 15 is 0 Å². The zero-order valence-electron chi connectivity index (χ0n) is 14.5. The van der Waals surface area contributed by atoms with E-state index in [-0.39, 0.29) is 5.91 Å². The number of para-hydroxylation sites is 1. The molecule has 0 radical (unpaired) electrons. The highest BCUT2D eigenvalue weighted by Crippen LogP contribution is 2.37. The summed E-state index contributed by atoms with van der Waals surface area (Å²) in [7, 11) is 1.54. The van der Waals surface area contributed by atoms with Gasteiger partial charge in [-0.2, -0.15) is 0 Å². The number of benzene rings is 1. The van der Waals surface area contributed by atoms with Crippen molar-refractivity contribution in [2.75, 3.05) is 12.4 Å². The van der Waals surface area contributed by atoms with Crippen molar-refractivity contribution in [1.82, 2.24) is 0 Å². The first-order chi connectivity index (χ1) is 12.0. The summed E-state index contributed by atoms with van der Waals surface area (Å²) in [5.74, 6) is -0.232. The molecule has 25 heavy (non-hydrogen) atoms. The molecule has 0 bridgehead atoms. The fraction of sp³-hybridized carbons (Fsp3) is 0.368. The van der Waals surface area contributed by atoms with Gasteiger partial charge in [-0.1, -0.05) is 18.6 Å². The Morgan fingerprint density at radius 3 is 2.68 bits per heavy atom. The molecule has 5 nitrogen and oxygen atoms in total. The van der Waals surface area contributed by atoms with E-state index in [1.54, 1.807) is 13.2 Å². The van der Waals surface area contributed by atoms with Crippen LogP contribution in [0.15, 0.2) is 18.2 Å². The van der Waals surface area contributed by atoms with Gasteiger partial charge in [0.25, 0.3) is 11.8 Å². The summed E-state index contributed by atoms with van der Waals surface area (Å²) in [6.45, 7) is 1.89. The summed E-state index contributed by atoms with van der Waals surface area (Å²) >= 11 is 1.47. The number of fused-ring (bicyclic) bond motifs is 1. The van der Waals surface area contributed by atoms with Gasteiger partial charge < -0.3 is 15.8 Å². The third-order valence-corrected chi connectivity index (χ3v) is 5.76. The van der Waals surface area contributed by atoms with Crippen molar-refractivity contribution in [3.8, 4) is 5.75 Å². The maximum Gasteiger partial charge on any atom is 0.260 e. The number of nitrogens with one attached hydrogen (secondary N) is 1. The van der Waals surface area contributed by atoms with Crippen molar-refractivity contribution in [2.24, 2.45) is 5.73 Å². The van der Waals surface area contributed by atoms with E-state index in [0.717, 1.165) is 48.1 Å². The van der Waals surface area contributed by atoms with Gasteiger partial charge in [0.2, 0.25) is 0 Å². The normalized spacial score (nSPS) is 13.7. The number of methoxy groups -OCH3 is 1. The Balaban J connectivity index is 1.97. The molecule has 0 saturated heterocycles. The van der Waals surface area contributed by atoms with E-state index in [9.17, 15) is 9.59 Å². The van der Waals surface area contributed by atoms with Gasteiger partial charge in [0.1, 0.15) is 10.8 Å². The predicted octanol–water partition coefficient (Wildman–Crippen LogP) is 3.69. The van der Waals surface area contributed by atoms with Crippen molar-refractivity contribution >= 4 is 28.2 Å². The highest BCUT2D eigenvalue weighted by atomic mass is 32.1. The van der Waals surface area contributed by atoms with Crippen LogP contribution in [0.1, 0.15) is 56.0 Å². The summed E-state index contributed by atoms with van der Waals surface area (Å²) in [5, 5.41) is 3.44. The Morgan fingerprint density at radius 1 is 1.20 bits per heavy atom. The smallest absolute Gasteiger partial charge is 0.260 e. The number of rotatable bonds is 4. The molecule has 0 unspecified atom stereocenters. The fourth-order valence-electron chi connectivity index (χ4n) is 3.36. The number of hydrogen-bond donors (Lipinski definition) is 2. The average molecular weight is 358 g/mol. The van der Waals surface area contributed by atoms with Gasteiger partial charge in [-0.15, -0.1) is 11.3 Å². The lowest BCUT2D eigenvalue weighted by Crippen LogP contribution is -2.18. The summed E-state index contributed by atoms with van der Waals surface area (Å²) in [6.07, 6.45) is 5.08. The Morgan fingerprint density at radius 2 is 1.96 bits per heavy atom. The number of carbonyl (C=O) groups excluding carboxylic acids is 2. The van der Waals surface area contributed by atoms with Gasteiger partial charge >= 0.3 is 0 Å². The quantitative estimate of drug-likeness (QED) is 0.818. The number of amides is 2. The van der Waals surface area contributed by atoms with Crippen LogP contribution in [0.25, 0.3) is 0 Å². The second-order valence-corrected chi connectivity index (χ2v) is 7.35. The zero-order chi connectivity index (χ0) is 18.0. The fourth-order valence-corrected chi connectivity index (χ4v) is 4.65. The van der Waals surface area contributed by atoms with Crippen molar-refractivity contribution in [3.63, 3.8) is 0 Å². The van der Waals surface area contributed by atoms with Crippen molar-refractivity contribution in [3.05, 3.63) is 45.3 Å². The number of ether oxygens (including phenoxy) is 1. The third-order valence-electron chi connectivity index (χ3n) is 4.56. The lowest BCUT2D eigenvalue weighted by molar-refractivity contribution is 0.100. The SMILES string of the molecule is COc1c(C)cccc1C(=O)Nc1sc2c(c1C(N)=O)CCCCC2. The van der Waals surface area contributed by atoms with E-state index in [4.69, 9.17) is 10.5 Å². The monoisotopic (exact) mass is 358 g/mol. The lowest BCUT2D eigenvalue weighted by Gasteiger charge is -2.11. The van der Waals surface area contributed by atoms with Crippen LogP contribution in [-0.4, -0.2) is 18.9 Å². The second kappa shape index (κ2) is 7.27. The van der Waals surface area contributed by atoms with Crippen LogP contribution in [0.5, 0.6) is 5.75 Å². The van der Waals surface area contributed by atoms with Crippen LogP contribution in [-0.2, 0) is 12.8 Å². The summed E-state index contributed by atoms with van der Waals surface area (Å²) in [4.78, 5) is 25.9. The van der Waals surface area contributed by atoms with Gasteiger partial charge in [0.15, 0.2) is 0 Å². The molecule has 2 aromatic rings. The number of thiophene rings is 1. The molecule has 132 valence electrons. The number of nitrogens with two attached hydrogens (primary N) is 1. The van der Waals surface area contributed by atoms with Crippen LogP contribution in [0.3, 0.4) is 0 Å². The molecular formula is C19H22N2O3S. The number of anilines is 1. The number of aryl methyl sites for hydroxylation is 2. The molecule has 1 heterocycles. The molecular weight excluding hydrogens is 336 g/mol. The van der Waals surface area contributed by atoms with Crippen LogP contribution in [0.4, 0.5) is 5.00 Å². The Kier molecular flexibility index (Phi) is 5.08. The topological polar surface area (TPSA) is 81.4 Å². The number of hydrogen-bond acceptors (Lipinski definition) is 4. The molecule has 1 aliphatic carbocycles. The summed E-state index contributed by atoms with van der Waals surface area (Å²) in [6, 6.07) is 5.41. The number of primary amides is 1. The van der Waals surface area contributed by atoms with Crippen molar-refractivity contribution in [2.45, 2.75) is 39.0 Å². The lowest BCUT2D eigenvalue weighted by atomic mass is 10.0. The summed E-state index contributed by atoms with van der Waals surface area (Å²) in [5.41, 5.74) is 8.44. The van der Waals surface area contributed by atoms with Crippen LogP contribution >= 0.6 is 11.3 Å². The first-order valence-corrected chi connectivity index (χ1v) is 9.24. The van der Waals surface area contributed by atoms with Gasteiger partial charge in [0, 0.05) is 4.88 Å². The zero-order valence-corrected chi connectivity index (χ0v) is 15.3. The highest BCUT2D eigenvalue weighted by Gasteiger charge is 2.25. The van der Waals surface area contributed by atoms with Gasteiger partial charge in [0.05, 0.1) is 18.2 Å². The van der Waals surface area contributed by atoms with Gasteiger partial charge in [-0.05, 0) is 49.8 Å². The molecule has 0 aliphatic heterocycles.